The van der Waals surface area contributed by atoms with Gasteiger partial charge in [-0.2, -0.15) is 5.10 Å². The first kappa shape index (κ1) is 15.7. The normalized spacial score (nSPS) is 10.8. The molecule has 4 nitrogen and oxygen atoms in total. The molecule has 110 valence electrons. The molecule has 0 aliphatic heterocycles. The van der Waals surface area contributed by atoms with Crippen molar-refractivity contribution in [3.63, 3.8) is 0 Å². The molecular formula is C15H16BrN3OS. The summed E-state index contributed by atoms with van der Waals surface area (Å²) in [5.74, 6) is -0.176. The average molecular weight is 366 g/mol. The van der Waals surface area contributed by atoms with Gasteiger partial charge in [-0.05, 0) is 47.0 Å². The van der Waals surface area contributed by atoms with E-state index in [0.29, 0.717) is 0 Å². The van der Waals surface area contributed by atoms with Crippen LogP contribution in [0, 0.1) is 13.8 Å². The Balaban J connectivity index is 1.84. The van der Waals surface area contributed by atoms with E-state index in [1.807, 2.05) is 43.5 Å². The molecule has 0 unspecified atom stereocenters. The third-order valence-electron chi connectivity index (χ3n) is 2.88. The zero-order chi connectivity index (χ0) is 15.2. The molecule has 2 aromatic rings. The number of carbonyl (C=O) groups is 1. The van der Waals surface area contributed by atoms with E-state index in [1.165, 1.54) is 0 Å². The summed E-state index contributed by atoms with van der Waals surface area (Å²) in [5.41, 5.74) is 5.75. The van der Waals surface area contributed by atoms with Crippen LogP contribution in [0.25, 0.3) is 0 Å². The van der Waals surface area contributed by atoms with Crippen molar-refractivity contribution in [3.05, 3.63) is 50.1 Å². The van der Waals surface area contributed by atoms with Crippen LogP contribution in [0.2, 0.25) is 0 Å². The highest BCUT2D eigenvalue weighted by atomic mass is 79.9. The minimum atomic E-state index is -0.176. The number of hydrazone groups is 1. The minimum absolute atomic E-state index is 0.176. The van der Waals surface area contributed by atoms with Gasteiger partial charge in [0.2, 0.25) is 0 Å². The van der Waals surface area contributed by atoms with E-state index in [4.69, 9.17) is 0 Å². The molecule has 0 fully saturated rings. The topological polar surface area (TPSA) is 53.5 Å². The van der Waals surface area contributed by atoms with Crippen LogP contribution >= 0.6 is 27.3 Å². The van der Waals surface area contributed by atoms with Gasteiger partial charge in [-0.25, -0.2) is 5.43 Å². The third-order valence-corrected chi connectivity index (χ3v) is 4.50. The van der Waals surface area contributed by atoms with E-state index in [1.54, 1.807) is 17.6 Å². The Hall–Kier alpha value is -1.66. The summed E-state index contributed by atoms with van der Waals surface area (Å²) in [6.07, 6.45) is 1.63. The molecule has 1 amide bonds. The van der Waals surface area contributed by atoms with Gasteiger partial charge >= 0.3 is 0 Å². The predicted octanol–water partition coefficient (Wildman–Crippen LogP) is 3.69. The molecule has 2 rings (SSSR count). The summed E-state index contributed by atoms with van der Waals surface area (Å²) in [6, 6.07) is 7.97. The number of thiophene rings is 1. The van der Waals surface area contributed by atoms with Crippen LogP contribution in [0.5, 0.6) is 0 Å². The maximum atomic E-state index is 11.7. The summed E-state index contributed by atoms with van der Waals surface area (Å²) in [4.78, 5) is 12.7. The molecule has 0 spiro atoms. The number of hydrogen-bond acceptors (Lipinski definition) is 4. The van der Waals surface area contributed by atoms with Gasteiger partial charge in [0.05, 0.1) is 12.8 Å². The Morgan fingerprint density at radius 3 is 2.71 bits per heavy atom. The molecule has 1 heterocycles. The molecule has 0 aliphatic carbocycles. The smallest absolute Gasteiger partial charge is 0.259 e. The summed E-state index contributed by atoms with van der Waals surface area (Å²) in [6.45, 7) is 4.22. The van der Waals surface area contributed by atoms with E-state index < -0.39 is 0 Å². The van der Waals surface area contributed by atoms with Gasteiger partial charge in [0.15, 0.2) is 0 Å². The Labute approximate surface area is 136 Å². The fourth-order valence-corrected chi connectivity index (χ4v) is 3.17. The molecular weight excluding hydrogens is 350 g/mol. The molecule has 0 aliphatic rings. The van der Waals surface area contributed by atoms with Gasteiger partial charge in [0.25, 0.3) is 5.91 Å². The SMILES string of the molecule is Cc1cccc(C)c1NCC(=O)N/N=C/c1cc(Br)cs1. The first-order valence-electron chi connectivity index (χ1n) is 6.42. The average Bonchev–Trinajstić information content (AvgIpc) is 2.84. The van der Waals surface area contributed by atoms with Gasteiger partial charge in [0, 0.05) is 20.4 Å². The first-order chi connectivity index (χ1) is 10.1. The van der Waals surface area contributed by atoms with Crippen LogP contribution in [0.15, 0.2) is 39.2 Å². The van der Waals surface area contributed by atoms with Crippen LogP contribution in [0.4, 0.5) is 5.69 Å². The van der Waals surface area contributed by atoms with Gasteiger partial charge in [0.1, 0.15) is 0 Å². The van der Waals surface area contributed by atoms with Crippen molar-refractivity contribution in [1.29, 1.82) is 0 Å². The Bertz CT molecular complexity index is 646. The minimum Gasteiger partial charge on any atom is -0.376 e. The number of anilines is 1. The number of nitrogens with zero attached hydrogens (tertiary/aromatic N) is 1. The second-order valence-electron chi connectivity index (χ2n) is 4.58. The lowest BCUT2D eigenvalue weighted by Gasteiger charge is -2.11. The maximum Gasteiger partial charge on any atom is 0.259 e. The van der Waals surface area contributed by atoms with Crippen LogP contribution in [0.1, 0.15) is 16.0 Å². The summed E-state index contributed by atoms with van der Waals surface area (Å²) in [7, 11) is 0. The second-order valence-corrected chi connectivity index (χ2v) is 6.44. The van der Waals surface area contributed by atoms with Gasteiger partial charge in [-0.15, -0.1) is 11.3 Å². The van der Waals surface area contributed by atoms with E-state index in [9.17, 15) is 4.79 Å². The number of rotatable bonds is 5. The number of amides is 1. The lowest BCUT2D eigenvalue weighted by Crippen LogP contribution is -2.26. The van der Waals surface area contributed by atoms with E-state index >= 15 is 0 Å². The largest absolute Gasteiger partial charge is 0.376 e. The molecule has 1 aromatic heterocycles. The van der Waals surface area contributed by atoms with Crippen molar-refractivity contribution >= 4 is 45.1 Å². The van der Waals surface area contributed by atoms with Gasteiger partial charge < -0.3 is 5.32 Å². The van der Waals surface area contributed by atoms with Crippen molar-refractivity contribution in [1.82, 2.24) is 5.43 Å². The van der Waals surface area contributed by atoms with Crippen LogP contribution < -0.4 is 10.7 Å². The lowest BCUT2D eigenvalue weighted by molar-refractivity contribution is -0.119. The number of nitrogens with one attached hydrogen (secondary N) is 2. The van der Waals surface area contributed by atoms with E-state index in [0.717, 1.165) is 26.2 Å². The number of benzene rings is 1. The standard InChI is InChI=1S/C15H16BrN3OS/c1-10-4-3-5-11(2)15(10)17-8-14(20)19-18-7-13-6-12(16)9-21-13/h3-7,9,17H,8H2,1-2H3,(H,19,20)/b18-7+. The zero-order valence-electron chi connectivity index (χ0n) is 11.8. The molecule has 6 heteroatoms. The van der Waals surface area contributed by atoms with Crippen molar-refractivity contribution in [2.75, 3.05) is 11.9 Å². The van der Waals surface area contributed by atoms with E-state index in [-0.39, 0.29) is 12.5 Å². The second kappa shape index (κ2) is 7.38. The number of para-hydroxylation sites is 1. The summed E-state index contributed by atoms with van der Waals surface area (Å²) < 4.78 is 1.01. The fraction of sp³-hybridized carbons (Fsp3) is 0.200. The van der Waals surface area contributed by atoms with Crippen molar-refractivity contribution < 1.29 is 4.79 Å². The number of aryl methyl sites for hydroxylation is 2. The highest BCUT2D eigenvalue weighted by Crippen LogP contribution is 2.19. The third kappa shape index (κ3) is 4.68. The zero-order valence-corrected chi connectivity index (χ0v) is 14.2. The molecule has 2 N–H and O–H groups in total. The number of hydrogen-bond donors (Lipinski definition) is 2. The van der Waals surface area contributed by atoms with Crippen LogP contribution in [-0.2, 0) is 4.79 Å². The van der Waals surface area contributed by atoms with Gasteiger partial charge in [-0.1, -0.05) is 18.2 Å². The highest BCUT2D eigenvalue weighted by Gasteiger charge is 2.04. The van der Waals surface area contributed by atoms with E-state index in [2.05, 4.69) is 31.8 Å². The monoisotopic (exact) mass is 365 g/mol. The number of carbonyl (C=O) groups excluding carboxylic acids is 1. The Morgan fingerprint density at radius 2 is 2.10 bits per heavy atom. The summed E-state index contributed by atoms with van der Waals surface area (Å²) in [5, 5.41) is 9.04. The molecule has 0 bridgehead atoms. The Kier molecular flexibility index (Phi) is 5.52. The van der Waals surface area contributed by atoms with Crippen molar-refractivity contribution in [2.24, 2.45) is 5.10 Å². The molecule has 0 saturated carbocycles. The molecule has 0 atom stereocenters. The molecule has 0 radical (unpaired) electrons. The maximum absolute atomic E-state index is 11.7. The van der Waals surface area contributed by atoms with Crippen molar-refractivity contribution in [2.45, 2.75) is 13.8 Å². The van der Waals surface area contributed by atoms with Crippen LogP contribution in [-0.4, -0.2) is 18.7 Å². The van der Waals surface area contributed by atoms with Crippen molar-refractivity contribution in [3.8, 4) is 0 Å². The first-order valence-corrected chi connectivity index (χ1v) is 8.09. The predicted molar refractivity (Wildman–Crippen MR) is 92.2 cm³/mol. The number of halogens is 1. The van der Waals surface area contributed by atoms with Gasteiger partial charge in [-0.3, -0.25) is 4.79 Å². The highest BCUT2D eigenvalue weighted by molar-refractivity contribution is 9.10. The molecule has 21 heavy (non-hydrogen) atoms. The Morgan fingerprint density at radius 1 is 1.38 bits per heavy atom. The molecule has 0 saturated heterocycles. The summed E-state index contributed by atoms with van der Waals surface area (Å²) >= 11 is 4.92. The van der Waals surface area contributed by atoms with Crippen LogP contribution in [0.3, 0.4) is 0 Å². The quantitative estimate of drug-likeness (QED) is 0.626. The lowest BCUT2D eigenvalue weighted by atomic mass is 10.1. The molecule has 1 aromatic carbocycles. The fourth-order valence-electron chi connectivity index (χ4n) is 1.87.